The van der Waals surface area contributed by atoms with Crippen LogP contribution >= 0.6 is 22.6 Å². The minimum absolute atomic E-state index is 0.258. The van der Waals surface area contributed by atoms with E-state index in [1.165, 1.54) is 20.1 Å². The summed E-state index contributed by atoms with van der Waals surface area (Å²) in [4.78, 5) is 4.49. The maximum atomic E-state index is 4.49. The van der Waals surface area contributed by atoms with Gasteiger partial charge < -0.3 is 5.32 Å². The van der Waals surface area contributed by atoms with Crippen molar-refractivity contribution in [3.05, 3.63) is 69.4 Å². The second-order valence-corrected chi connectivity index (χ2v) is 6.49. The summed E-state index contributed by atoms with van der Waals surface area (Å²) in [7, 11) is 0. The summed E-state index contributed by atoms with van der Waals surface area (Å²) in [6, 6.07) is 17.3. The van der Waals surface area contributed by atoms with Gasteiger partial charge in [0.25, 0.3) is 0 Å². The summed E-state index contributed by atoms with van der Waals surface area (Å²) in [6.45, 7) is 4.28. The Kier molecular flexibility index (Phi) is 4.10. The van der Waals surface area contributed by atoms with E-state index in [9.17, 15) is 0 Å². The number of nitrogens with zero attached hydrogens (tertiary/aromatic N) is 1. The second-order valence-electron chi connectivity index (χ2n) is 5.25. The molecule has 1 unspecified atom stereocenters. The number of aromatic nitrogens is 1. The van der Waals surface area contributed by atoms with Crippen molar-refractivity contribution in [3.63, 3.8) is 0 Å². The van der Waals surface area contributed by atoms with Crippen LogP contribution in [-0.2, 0) is 0 Å². The predicted molar refractivity (Wildman–Crippen MR) is 97.7 cm³/mol. The Morgan fingerprint density at radius 1 is 1.05 bits per heavy atom. The SMILES string of the molecule is Cc1ccc(NC(C)c2ccc(I)cc2)c2cccnc12. The van der Waals surface area contributed by atoms with Crippen LogP contribution in [0.5, 0.6) is 0 Å². The molecule has 1 aromatic heterocycles. The third-order valence-corrected chi connectivity index (χ3v) is 4.43. The number of hydrogen-bond acceptors (Lipinski definition) is 2. The molecule has 1 N–H and O–H groups in total. The van der Waals surface area contributed by atoms with E-state index in [1.807, 2.05) is 12.3 Å². The van der Waals surface area contributed by atoms with Crippen molar-refractivity contribution < 1.29 is 0 Å². The molecule has 3 heteroatoms. The lowest BCUT2D eigenvalue weighted by atomic mass is 10.1. The van der Waals surface area contributed by atoms with Crippen LogP contribution in [0.15, 0.2) is 54.7 Å². The molecular weight excluding hydrogens is 371 g/mol. The molecule has 0 aliphatic rings. The first kappa shape index (κ1) is 14.3. The van der Waals surface area contributed by atoms with E-state index >= 15 is 0 Å². The first-order valence-corrected chi connectivity index (χ1v) is 8.09. The van der Waals surface area contributed by atoms with Gasteiger partial charge in [0.15, 0.2) is 0 Å². The number of halogens is 1. The number of benzene rings is 2. The Hall–Kier alpha value is -1.62. The van der Waals surface area contributed by atoms with E-state index in [2.05, 4.69) is 89.2 Å². The standard InChI is InChI=1S/C18H17IN2/c1-12-5-10-17(16-4-3-11-20-18(12)16)21-13(2)14-6-8-15(19)9-7-14/h3-11,13,21H,1-2H3. The predicted octanol–water partition coefficient (Wildman–Crippen LogP) is 5.32. The lowest BCUT2D eigenvalue weighted by molar-refractivity contribution is 0.886. The van der Waals surface area contributed by atoms with Gasteiger partial charge in [0.2, 0.25) is 0 Å². The van der Waals surface area contributed by atoms with Crippen LogP contribution in [0.3, 0.4) is 0 Å². The molecular formula is C18H17IN2. The van der Waals surface area contributed by atoms with Gasteiger partial charge in [-0.1, -0.05) is 18.2 Å². The molecule has 3 rings (SSSR count). The third-order valence-electron chi connectivity index (χ3n) is 3.71. The van der Waals surface area contributed by atoms with E-state index in [1.54, 1.807) is 0 Å². The molecule has 0 spiro atoms. The largest absolute Gasteiger partial charge is 0.378 e. The highest BCUT2D eigenvalue weighted by Gasteiger charge is 2.09. The maximum Gasteiger partial charge on any atom is 0.0751 e. The van der Waals surface area contributed by atoms with Gasteiger partial charge in [-0.3, -0.25) is 4.98 Å². The van der Waals surface area contributed by atoms with Crippen LogP contribution in [0.2, 0.25) is 0 Å². The Labute approximate surface area is 138 Å². The number of pyridine rings is 1. The average molecular weight is 388 g/mol. The fourth-order valence-electron chi connectivity index (χ4n) is 2.51. The summed E-state index contributed by atoms with van der Waals surface area (Å²) < 4.78 is 1.26. The van der Waals surface area contributed by atoms with Gasteiger partial charge in [0, 0.05) is 26.9 Å². The number of nitrogens with one attached hydrogen (secondary N) is 1. The number of hydrogen-bond donors (Lipinski definition) is 1. The molecule has 0 aliphatic carbocycles. The summed E-state index contributed by atoms with van der Waals surface area (Å²) >= 11 is 2.33. The molecule has 2 aromatic carbocycles. The van der Waals surface area contributed by atoms with Gasteiger partial charge >= 0.3 is 0 Å². The first-order chi connectivity index (χ1) is 10.1. The number of rotatable bonds is 3. The molecule has 0 aliphatic heterocycles. The molecule has 1 heterocycles. The normalized spacial score (nSPS) is 12.3. The summed E-state index contributed by atoms with van der Waals surface area (Å²) in [5, 5.41) is 4.78. The smallest absolute Gasteiger partial charge is 0.0751 e. The third kappa shape index (κ3) is 3.02. The molecule has 106 valence electrons. The first-order valence-electron chi connectivity index (χ1n) is 7.01. The van der Waals surface area contributed by atoms with Gasteiger partial charge in [-0.25, -0.2) is 0 Å². The van der Waals surface area contributed by atoms with Gasteiger partial charge in [-0.15, -0.1) is 0 Å². The van der Waals surface area contributed by atoms with E-state index in [0.717, 1.165) is 11.2 Å². The van der Waals surface area contributed by atoms with Gasteiger partial charge in [-0.05, 0) is 77.9 Å². The summed E-state index contributed by atoms with van der Waals surface area (Å²) in [5.74, 6) is 0. The van der Waals surface area contributed by atoms with Gasteiger partial charge in [-0.2, -0.15) is 0 Å². The quantitative estimate of drug-likeness (QED) is 0.615. The molecule has 0 radical (unpaired) electrons. The molecule has 2 nitrogen and oxygen atoms in total. The van der Waals surface area contributed by atoms with E-state index in [0.29, 0.717) is 0 Å². The van der Waals surface area contributed by atoms with Crippen LogP contribution < -0.4 is 5.32 Å². The van der Waals surface area contributed by atoms with Crippen LogP contribution in [0.1, 0.15) is 24.1 Å². The fraction of sp³-hybridized carbons (Fsp3) is 0.167. The highest BCUT2D eigenvalue weighted by Crippen LogP contribution is 2.28. The zero-order valence-corrected chi connectivity index (χ0v) is 14.3. The molecule has 3 aromatic rings. The molecule has 0 fully saturated rings. The fourth-order valence-corrected chi connectivity index (χ4v) is 2.87. The van der Waals surface area contributed by atoms with Crippen molar-refractivity contribution in [1.29, 1.82) is 0 Å². The van der Waals surface area contributed by atoms with E-state index in [4.69, 9.17) is 0 Å². The average Bonchev–Trinajstić information content (AvgIpc) is 2.51. The van der Waals surface area contributed by atoms with Crippen molar-refractivity contribution in [3.8, 4) is 0 Å². The van der Waals surface area contributed by atoms with Crippen molar-refractivity contribution in [2.45, 2.75) is 19.9 Å². The number of aryl methyl sites for hydroxylation is 1. The molecule has 0 bridgehead atoms. The minimum atomic E-state index is 0.258. The molecule has 21 heavy (non-hydrogen) atoms. The van der Waals surface area contributed by atoms with Crippen molar-refractivity contribution >= 4 is 39.2 Å². The maximum absolute atomic E-state index is 4.49. The summed E-state index contributed by atoms with van der Waals surface area (Å²) in [6.07, 6.45) is 1.85. The minimum Gasteiger partial charge on any atom is -0.378 e. The zero-order chi connectivity index (χ0) is 14.8. The van der Waals surface area contributed by atoms with E-state index in [-0.39, 0.29) is 6.04 Å². The van der Waals surface area contributed by atoms with Gasteiger partial charge in [0.1, 0.15) is 0 Å². The van der Waals surface area contributed by atoms with Crippen LogP contribution in [0, 0.1) is 10.5 Å². The highest BCUT2D eigenvalue weighted by molar-refractivity contribution is 14.1. The molecule has 0 amide bonds. The Bertz CT molecular complexity index is 766. The molecule has 0 saturated carbocycles. The van der Waals surface area contributed by atoms with Crippen molar-refractivity contribution in [2.75, 3.05) is 5.32 Å². The van der Waals surface area contributed by atoms with Crippen LogP contribution in [0.4, 0.5) is 5.69 Å². The second kappa shape index (κ2) is 6.02. The highest BCUT2D eigenvalue weighted by atomic mass is 127. The lowest BCUT2D eigenvalue weighted by Crippen LogP contribution is -2.07. The van der Waals surface area contributed by atoms with Crippen molar-refractivity contribution in [2.24, 2.45) is 0 Å². The Morgan fingerprint density at radius 3 is 2.57 bits per heavy atom. The summed E-state index contributed by atoms with van der Waals surface area (Å²) in [5.41, 5.74) is 4.69. The lowest BCUT2D eigenvalue weighted by Gasteiger charge is -2.18. The Morgan fingerprint density at radius 2 is 1.81 bits per heavy atom. The monoisotopic (exact) mass is 388 g/mol. The zero-order valence-electron chi connectivity index (χ0n) is 12.1. The molecule has 1 atom stereocenters. The number of anilines is 1. The Balaban J connectivity index is 1.95. The van der Waals surface area contributed by atoms with Crippen LogP contribution in [-0.4, -0.2) is 4.98 Å². The topological polar surface area (TPSA) is 24.9 Å². The van der Waals surface area contributed by atoms with Crippen molar-refractivity contribution in [1.82, 2.24) is 4.98 Å². The van der Waals surface area contributed by atoms with E-state index < -0.39 is 0 Å². The molecule has 0 saturated heterocycles. The number of fused-ring (bicyclic) bond motifs is 1. The van der Waals surface area contributed by atoms with Gasteiger partial charge in [0.05, 0.1) is 5.52 Å². The van der Waals surface area contributed by atoms with Crippen LogP contribution in [0.25, 0.3) is 10.9 Å².